The molecule has 0 bridgehead atoms. The molecule has 0 saturated carbocycles. The Bertz CT molecular complexity index is 682. The lowest BCUT2D eigenvalue weighted by Crippen LogP contribution is -2.15. The van der Waals surface area contributed by atoms with E-state index in [-0.39, 0.29) is 24.9 Å². The molecular formula is C15H16BrF3N4O. The molecule has 0 fully saturated rings. The number of nitrogens with one attached hydrogen (secondary N) is 2. The molecule has 1 aromatic carbocycles. The van der Waals surface area contributed by atoms with Gasteiger partial charge in [0.05, 0.1) is 0 Å². The highest BCUT2D eigenvalue weighted by molar-refractivity contribution is 9.10. The van der Waals surface area contributed by atoms with Crippen LogP contribution in [0.15, 0.2) is 34.8 Å². The van der Waals surface area contributed by atoms with Gasteiger partial charge in [0.15, 0.2) is 5.69 Å². The molecule has 0 amide bonds. The molecule has 3 N–H and O–H groups in total. The van der Waals surface area contributed by atoms with Crippen LogP contribution in [0.3, 0.4) is 0 Å². The Labute approximate surface area is 145 Å². The summed E-state index contributed by atoms with van der Waals surface area (Å²) in [6.45, 7) is 0.520. The normalized spacial score (nSPS) is 11.4. The standard InChI is InChI=1S/C15H16BrF3N4O/c16-11-5-2-1-4-10(11)9-21-13-8-12(15(17,18)19)22-14(23-13)20-6-3-7-24/h1-2,4-5,8,24H,3,6-7,9H2,(H2,20,21,22,23). The molecule has 0 atom stereocenters. The third-order valence-corrected chi connectivity index (χ3v) is 3.83. The number of benzene rings is 1. The maximum absolute atomic E-state index is 13.0. The highest BCUT2D eigenvalue weighted by Crippen LogP contribution is 2.30. The summed E-state index contributed by atoms with van der Waals surface area (Å²) < 4.78 is 39.8. The quantitative estimate of drug-likeness (QED) is 0.614. The summed E-state index contributed by atoms with van der Waals surface area (Å²) in [6, 6.07) is 8.26. The van der Waals surface area contributed by atoms with Gasteiger partial charge in [-0.2, -0.15) is 18.2 Å². The van der Waals surface area contributed by atoms with Crippen molar-refractivity contribution >= 4 is 27.7 Å². The lowest BCUT2D eigenvalue weighted by atomic mass is 10.2. The van der Waals surface area contributed by atoms with Gasteiger partial charge < -0.3 is 15.7 Å². The van der Waals surface area contributed by atoms with E-state index in [1.165, 1.54) is 0 Å². The van der Waals surface area contributed by atoms with Gasteiger partial charge >= 0.3 is 6.18 Å². The molecule has 2 aromatic rings. The monoisotopic (exact) mass is 404 g/mol. The average molecular weight is 405 g/mol. The number of nitrogens with zero attached hydrogens (tertiary/aromatic N) is 2. The molecule has 0 saturated heterocycles. The minimum atomic E-state index is -4.57. The fraction of sp³-hybridized carbons (Fsp3) is 0.333. The van der Waals surface area contributed by atoms with Crippen molar-refractivity contribution in [2.45, 2.75) is 19.1 Å². The minimum Gasteiger partial charge on any atom is -0.396 e. The highest BCUT2D eigenvalue weighted by Gasteiger charge is 2.33. The Hall–Kier alpha value is -1.87. The number of alkyl halides is 3. The van der Waals surface area contributed by atoms with Gasteiger partial charge in [0.2, 0.25) is 5.95 Å². The first-order valence-electron chi connectivity index (χ1n) is 7.18. The first-order valence-corrected chi connectivity index (χ1v) is 7.97. The second-order valence-corrected chi connectivity index (χ2v) is 5.76. The van der Waals surface area contributed by atoms with Crippen LogP contribution in [0.4, 0.5) is 24.9 Å². The SMILES string of the molecule is OCCCNc1nc(NCc2ccccc2Br)cc(C(F)(F)F)n1. The summed E-state index contributed by atoms with van der Waals surface area (Å²) in [6.07, 6.45) is -4.18. The molecule has 0 aliphatic heterocycles. The van der Waals surface area contributed by atoms with Crippen LogP contribution in [0.25, 0.3) is 0 Å². The molecule has 130 valence electrons. The molecule has 1 aromatic heterocycles. The van der Waals surface area contributed by atoms with Crippen molar-refractivity contribution in [3.63, 3.8) is 0 Å². The highest BCUT2D eigenvalue weighted by atomic mass is 79.9. The van der Waals surface area contributed by atoms with E-state index in [1.54, 1.807) is 0 Å². The van der Waals surface area contributed by atoms with Crippen molar-refractivity contribution in [3.05, 3.63) is 46.1 Å². The summed E-state index contributed by atoms with van der Waals surface area (Å²) in [5.41, 5.74) is -0.141. The van der Waals surface area contributed by atoms with E-state index in [0.29, 0.717) is 13.0 Å². The van der Waals surface area contributed by atoms with E-state index in [1.807, 2.05) is 24.3 Å². The predicted molar refractivity (Wildman–Crippen MR) is 88.7 cm³/mol. The maximum Gasteiger partial charge on any atom is 0.433 e. The van der Waals surface area contributed by atoms with Crippen LogP contribution in [-0.4, -0.2) is 28.2 Å². The number of aromatic nitrogens is 2. The first kappa shape index (κ1) is 18.5. The molecule has 0 radical (unpaired) electrons. The zero-order chi connectivity index (χ0) is 17.6. The van der Waals surface area contributed by atoms with E-state index in [0.717, 1.165) is 16.1 Å². The topological polar surface area (TPSA) is 70.1 Å². The number of rotatable bonds is 7. The van der Waals surface area contributed by atoms with E-state index in [2.05, 4.69) is 36.5 Å². The van der Waals surface area contributed by atoms with Gasteiger partial charge in [-0.15, -0.1) is 0 Å². The van der Waals surface area contributed by atoms with E-state index in [9.17, 15) is 13.2 Å². The fourth-order valence-electron chi connectivity index (χ4n) is 1.87. The molecule has 0 aliphatic rings. The molecule has 24 heavy (non-hydrogen) atoms. The van der Waals surface area contributed by atoms with Crippen LogP contribution in [-0.2, 0) is 12.7 Å². The van der Waals surface area contributed by atoms with Crippen LogP contribution >= 0.6 is 15.9 Å². The van der Waals surface area contributed by atoms with Crippen molar-refractivity contribution in [2.24, 2.45) is 0 Å². The minimum absolute atomic E-state index is 0.0691. The van der Waals surface area contributed by atoms with Crippen molar-refractivity contribution in [1.82, 2.24) is 9.97 Å². The van der Waals surface area contributed by atoms with E-state index >= 15 is 0 Å². The third kappa shape index (κ3) is 5.34. The number of halogens is 4. The zero-order valence-corrected chi connectivity index (χ0v) is 14.2. The molecule has 0 spiro atoms. The van der Waals surface area contributed by atoms with Gasteiger partial charge in [-0.3, -0.25) is 0 Å². The largest absolute Gasteiger partial charge is 0.433 e. The summed E-state index contributed by atoms with van der Waals surface area (Å²) >= 11 is 3.38. The molecule has 0 aliphatic carbocycles. The van der Waals surface area contributed by atoms with Gasteiger partial charge in [0, 0.05) is 30.2 Å². The average Bonchev–Trinajstić information content (AvgIpc) is 2.53. The van der Waals surface area contributed by atoms with Gasteiger partial charge in [0.25, 0.3) is 0 Å². The van der Waals surface area contributed by atoms with Crippen molar-refractivity contribution in [2.75, 3.05) is 23.8 Å². The van der Waals surface area contributed by atoms with Crippen molar-refractivity contribution in [1.29, 1.82) is 0 Å². The second-order valence-electron chi connectivity index (χ2n) is 4.91. The molecule has 0 unspecified atom stereocenters. The Balaban J connectivity index is 2.18. The van der Waals surface area contributed by atoms with Gasteiger partial charge in [-0.05, 0) is 18.1 Å². The predicted octanol–water partition coefficient (Wildman–Crippen LogP) is 3.66. The number of hydrogen-bond donors (Lipinski definition) is 3. The van der Waals surface area contributed by atoms with Crippen molar-refractivity contribution < 1.29 is 18.3 Å². The summed E-state index contributed by atoms with van der Waals surface area (Å²) in [5, 5.41) is 14.3. The van der Waals surface area contributed by atoms with Crippen LogP contribution in [0, 0.1) is 0 Å². The third-order valence-electron chi connectivity index (χ3n) is 3.05. The molecule has 9 heteroatoms. The zero-order valence-electron chi connectivity index (χ0n) is 12.6. The molecule has 1 heterocycles. The van der Waals surface area contributed by atoms with Crippen LogP contribution < -0.4 is 10.6 Å². The summed E-state index contributed by atoms with van der Waals surface area (Å²) in [5.74, 6) is -0.0625. The molecule has 2 rings (SSSR count). The fourth-order valence-corrected chi connectivity index (χ4v) is 2.29. The Morgan fingerprint density at radius 2 is 1.88 bits per heavy atom. The summed E-state index contributed by atoms with van der Waals surface area (Å²) in [4.78, 5) is 7.50. The number of aliphatic hydroxyl groups is 1. The maximum atomic E-state index is 13.0. The van der Waals surface area contributed by atoms with E-state index < -0.39 is 11.9 Å². The smallest absolute Gasteiger partial charge is 0.396 e. The van der Waals surface area contributed by atoms with Crippen LogP contribution in [0.1, 0.15) is 17.7 Å². The number of hydrogen-bond acceptors (Lipinski definition) is 5. The number of anilines is 2. The van der Waals surface area contributed by atoms with Crippen molar-refractivity contribution in [3.8, 4) is 0 Å². The Morgan fingerprint density at radius 3 is 2.54 bits per heavy atom. The van der Waals surface area contributed by atoms with E-state index in [4.69, 9.17) is 5.11 Å². The van der Waals surface area contributed by atoms with Crippen LogP contribution in [0.5, 0.6) is 0 Å². The first-order chi connectivity index (χ1) is 11.4. The lowest BCUT2D eigenvalue weighted by Gasteiger charge is -2.13. The van der Waals surface area contributed by atoms with Gasteiger partial charge in [-0.1, -0.05) is 34.1 Å². The van der Waals surface area contributed by atoms with Gasteiger partial charge in [0.1, 0.15) is 5.82 Å². The van der Waals surface area contributed by atoms with Crippen LogP contribution in [0.2, 0.25) is 0 Å². The second kappa shape index (κ2) is 8.29. The number of aliphatic hydroxyl groups excluding tert-OH is 1. The van der Waals surface area contributed by atoms with Gasteiger partial charge in [-0.25, -0.2) is 4.98 Å². The Kier molecular flexibility index (Phi) is 6.38. The Morgan fingerprint density at radius 1 is 1.12 bits per heavy atom. The summed E-state index contributed by atoms with van der Waals surface area (Å²) in [7, 11) is 0. The molecule has 5 nitrogen and oxygen atoms in total. The lowest BCUT2D eigenvalue weighted by molar-refractivity contribution is -0.141. The molecular weight excluding hydrogens is 389 g/mol.